The zero-order chi connectivity index (χ0) is 11.0. The fraction of sp³-hybridized carbons (Fsp3) is 1.00. The van der Waals surface area contributed by atoms with Gasteiger partial charge in [0, 0.05) is 12.3 Å². The van der Waals surface area contributed by atoms with Crippen LogP contribution in [0.25, 0.3) is 0 Å². The normalized spacial score (nSPS) is 14.2. The van der Waals surface area contributed by atoms with Gasteiger partial charge in [0.1, 0.15) is 9.84 Å². The third-order valence-electron chi connectivity index (χ3n) is 2.25. The summed E-state index contributed by atoms with van der Waals surface area (Å²) in [7, 11) is -2.78. The molecule has 3 nitrogen and oxygen atoms in total. The number of nitrogens with one attached hydrogen (secondary N) is 1. The van der Waals surface area contributed by atoms with Crippen LogP contribution in [0.3, 0.4) is 0 Å². The van der Waals surface area contributed by atoms with Crippen molar-refractivity contribution in [2.75, 3.05) is 18.6 Å². The number of sulfone groups is 1. The molecule has 0 amide bonds. The van der Waals surface area contributed by atoms with E-state index in [-0.39, 0.29) is 0 Å². The average Bonchev–Trinajstić information content (AvgIpc) is 2.08. The molecule has 0 aromatic carbocycles. The molecule has 0 spiro atoms. The Labute approximate surface area is 88.2 Å². The first-order valence-electron chi connectivity index (χ1n) is 5.40. The molecule has 0 heterocycles. The van der Waals surface area contributed by atoms with E-state index in [4.69, 9.17) is 0 Å². The van der Waals surface area contributed by atoms with Crippen LogP contribution in [0.1, 0.15) is 39.5 Å². The Kier molecular flexibility index (Phi) is 7.19. The maximum atomic E-state index is 10.8. The molecule has 1 unspecified atom stereocenters. The van der Waals surface area contributed by atoms with Gasteiger partial charge in [-0.05, 0) is 25.8 Å². The van der Waals surface area contributed by atoms with Gasteiger partial charge in [-0.2, -0.15) is 0 Å². The highest BCUT2D eigenvalue weighted by molar-refractivity contribution is 7.90. The summed E-state index contributed by atoms with van der Waals surface area (Å²) >= 11 is 0. The minimum absolute atomic E-state index is 0.294. The summed E-state index contributed by atoms with van der Waals surface area (Å²) < 4.78 is 21.7. The Morgan fingerprint density at radius 3 is 2.36 bits per heavy atom. The first-order valence-corrected chi connectivity index (χ1v) is 7.46. The van der Waals surface area contributed by atoms with Gasteiger partial charge in [0.2, 0.25) is 0 Å². The van der Waals surface area contributed by atoms with Gasteiger partial charge in [-0.15, -0.1) is 0 Å². The Bertz CT molecular complexity index is 224. The van der Waals surface area contributed by atoms with Crippen LogP contribution in [0.4, 0.5) is 0 Å². The van der Waals surface area contributed by atoms with Crippen LogP contribution in [-0.4, -0.2) is 33.0 Å². The molecule has 14 heavy (non-hydrogen) atoms. The largest absolute Gasteiger partial charge is 0.314 e. The maximum Gasteiger partial charge on any atom is 0.147 e. The van der Waals surface area contributed by atoms with Gasteiger partial charge >= 0.3 is 0 Å². The molecule has 4 heteroatoms. The summed E-state index contributed by atoms with van der Waals surface area (Å²) in [5.74, 6) is 0.294. The average molecular weight is 221 g/mol. The Morgan fingerprint density at radius 2 is 1.93 bits per heavy atom. The van der Waals surface area contributed by atoms with Crippen LogP contribution in [-0.2, 0) is 9.84 Å². The molecule has 1 N–H and O–H groups in total. The topological polar surface area (TPSA) is 46.2 Å². The third-order valence-corrected chi connectivity index (χ3v) is 3.29. The second-order valence-electron chi connectivity index (χ2n) is 3.83. The molecule has 0 aliphatic carbocycles. The maximum absolute atomic E-state index is 10.8. The molecule has 0 fully saturated rings. The summed E-state index contributed by atoms with van der Waals surface area (Å²) in [6.07, 6.45) is 5.48. The molecule has 86 valence electrons. The van der Waals surface area contributed by atoms with Gasteiger partial charge in [0.25, 0.3) is 0 Å². The molecule has 0 saturated heterocycles. The molecular formula is C10H23NO2S. The van der Waals surface area contributed by atoms with E-state index < -0.39 is 9.84 Å². The second kappa shape index (κ2) is 7.23. The summed E-state index contributed by atoms with van der Waals surface area (Å²) in [6.45, 7) is 5.14. The molecule has 0 aromatic heterocycles. The highest BCUT2D eigenvalue weighted by Crippen LogP contribution is 2.00. The summed E-state index contributed by atoms with van der Waals surface area (Å²) in [5.41, 5.74) is 0. The minimum Gasteiger partial charge on any atom is -0.314 e. The first-order chi connectivity index (χ1) is 6.49. The molecule has 0 aliphatic rings. The van der Waals surface area contributed by atoms with Gasteiger partial charge in [-0.1, -0.05) is 20.3 Å². The SMILES string of the molecule is CCCC(CC)NCCCS(C)(=O)=O. The fourth-order valence-electron chi connectivity index (χ4n) is 1.44. The smallest absolute Gasteiger partial charge is 0.147 e. The molecule has 0 bridgehead atoms. The van der Waals surface area contributed by atoms with Crippen molar-refractivity contribution >= 4 is 9.84 Å². The predicted molar refractivity (Wildman–Crippen MR) is 61.3 cm³/mol. The van der Waals surface area contributed by atoms with Crippen LogP contribution in [0, 0.1) is 0 Å². The first kappa shape index (κ1) is 13.9. The van der Waals surface area contributed by atoms with Crippen molar-refractivity contribution in [1.82, 2.24) is 5.32 Å². The summed E-state index contributed by atoms with van der Waals surface area (Å²) in [6, 6.07) is 0.555. The van der Waals surface area contributed by atoms with E-state index in [1.54, 1.807) is 0 Å². The van der Waals surface area contributed by atoms with Gasteiger partial charge in [-0.25, -0.2) is 8.42 Å². The van der Waals surface area contributed by atoms with Crippen LogP contribution in [0.5, 0.6) is 0 Å². The lowest BCUT2D eigenvalue weighted by Gasteiger charge is -2.15. The van der Waals surface area contributed by atoms with Crippen molar-refractivity contribution < 1.29 is 8.42 Å². The van der Waals surface area contributed by atoms with Crippen molar-refractivity contribution in [3.63, 3.8) is 0 Å². The lowest BCUT2D eigenvalue weighted by molar-refractivity contribution is 0.463. The Morgan fingerprint density at radius 1 is 1.29 bits per heavy atom. The van der Waals surface area contributed by atoms with Crippen LogP contribution < -0.4 is 5.32 Å². The Balaban J connectivity index is 3.52. The molecular weight excluding hydrogens is 198 g/mol. The number of hydrogen-bond acceptors (Lipinski definition) is 3. The zero-order valence-corrected chi connectivity index (χ0v) is 10.4. The van der Waals surface area contributed by atoms with Crippen molar-refractivity contribution in [2.45, 2.75) is 45.6 Å². The zero-order valence-electron chi connectivity index (χ0n) is 9.54. The highest BCUT2D eigenvalue weighted by atomic mass is 32.2. The second-order valence-corrected chi connectivity index (χ2v) is 6.09. The molecule has 0 aliphatic heterocycles. The number of hydrogen-bond donors (Lipinski definition) is 1. The van der Waals surface area contributed by atoms with Gasteiger partial charge in [0.15, 0.2) is 0 Å². The van der Waals surface area contributed by atoms with E-state index in [0.717, 1.165) is 19.4 Å². The van der Waals surface area contributed by atoms with Crippen molar-refractivity contribution in [2.24, 2.45) is 0 Å². The highest BCUT2D eigenvalue weighted by Gasteiger charge is 2.05. The molecule has 0 aromatic rings. The van der Waals surface area contributed by atoms with Gasteiger partial charge in [0.05, 0.1) is 5.75 Å². The lowest BCUT2D eigenvalue weighted by atomic mass is 10.1. The third kappa shape index (κ3) is 8.51. The van der Waals surface area contributed by atoms with E-state index in [1.807, 2.05) is 0 Å². The number of rotatable bonds is 8. The predicted octanol–water partition coefficient (Wildman–Crippen LogP) is 1.59. The van der Waals surface area contributed by atoms with E-state index in [9.17, 15) is 8.42 Å². The van der Waals surface area contributed by atoms with Gasteiger partial charge in [-0.3, -0.25) is 0 Å². The molecule has 0 radical (unpaired) electrons. The standard InChI is InChI=1S/C10H23NO2S/c1-4-7-10(5-2)11-8-6-9-14(3,12)13/h10-11H,4-9H2,1-3H3. The van der Waals surface area contributed by atoms with Crippen molar-refractivity contribution in [3.05, 3.63) is 0 Å². The van der Waals surface area contributed by atoms with E-state index >= 15 is 0 Å². The quantitative estimate of drug-likeness (QED) is 0.633. The van der Waals surface area contributed by atoms with Crippen LogP contribution in [0.15, 0.2) is 0 Å². The van der Waals surface area contributed by atoms with Gasteiger partial charge < -0.3 is 5.32 Å². The lowest BCUT2D eigenvalue weighted by Crippen LogP contribution is -2.30. The Hall–Kier alpha value is -0.0900. The van der Waals surface area contributed by atoms with Crippen LogP contribution in [0.2, 0.25) is 0 Å². The molecule has 1 atom stereocenters. The fourth-order valence-corrected chi connectivity index (χ4v) is 2.11. The van der Waals surface area contributed by atoms with E-state index in [1.165, 1.54) is 19.1 Å². The molecule has 0 rings (SSSR count). The van der Waals surface area contributed by atoms with Crippen LogP contribution >= 0.6 is 0 Å². The summed E-state index contributed by atoms with van der Waals surface area (Å²) in [5, 5.41) is 3.38. The molecule has 0 saturated carbocycles. The minimum atomic E-state index is -2.78. The van der Waals surface area contributed by atoms with Crippen molar-refractivity contribution in [3.8, 4) is 0 Å². The van der Waals surface area contributed by atoms with E-state index in [0.29, 0.717) is 11.8 Å². The van der Waals surface area contributed by atoms with Crippen molar-refractivity contribution in [1.29, 1.82) is 0 Å². The monoisotopic (exact) mass is 221 g/mol. The summed E-state index contributed by atoms with van der Waals surface area (Å²) in [4.78, 5) is 0. The van der Waals surface area contributed by atoms with E-state index in [2.05, 4.69) is 19.2 Å².